The van der Waals surface area contributed by atoms with Gasteiger partial charge in [-0.05, 0) is 46.3 Å². The number of amides is 2. The summed E-state index contributed by atoms with van der Waals surface area (Å²) in [6.07, 6.45) is 1.64. The van der Waals surface area contributed by atoms with E-state index in [4.69, 9.17) is 0 Å². The maximum Gasteiger partial charge on any atom is 0.286 e. The van der Waals surface area contributed by atoms with Gasteiger partial charge in [-0.2, -0.15) is 0 Å². The van der Waals surface area contributed by atoms with Crippen molar-refractivity contribution in [1.82, 2.24) is 15.8 Å². The highest BCUT2D eigenvalue weighted by Gasteiger charge is 2.10. The molecule has 2 aromatic rings. The Balaban J connectivity index is 1.94. The second kappa shape index (κ2) is 6.45. The SMILES string of the molecule is CN(C)c1ccc(C(=O)NNC(=O)c2cc(Br)c[nH]2)cc1. The summed E-state index contributed by atoms with van der Waals surface area (Å²) in [5.41, 5.74) is 6.53. The Bertz CT molecular complexity index is 649. The van der Waals surface area contributed by atoms with Crippen molar-refractivity contribution in [3.8, 4) is 0 Å². The summed E-state index contributed by atoms with van der Waals surface area (Å²) >= 11 is 3.23. The van der Waals surface area contributed by atoms with Crippen molar-refractivity contribution in [2.24, 2.45) is 0 Å². The van der Waals surface area contributed by atoms with Crippen molar-refractivity contribution < 1.29 is 9.59 Å². The van der Waals surface area contributed by atoms with Gasteiger partial charge in [0.05, 0.1) is 0 Å². The third-order valence-electron chi connectivity index (χ3n) is 2.83. The Morgan fingerprint density at radius 1 is 1.10 bits per heavy atom. The number of anilines is 1. The van der Waals surface area contributed by atoms with E-state index in [1.165, 1.54) is 0 Å². The molecule has 2 rings (SSSR count). The summed E-state index contributed by atoms with van der Waals surface area (Å²) < 4.78 is 0.762. The van der Waals surface area contributed by atoms with Crippen LogP contribution in [-0.2, 0) is 0 Å². The topological polar surface area (TPSA) is 77.2 Å². The summed E-state index contributed by atoms with van der Waals surface area (Å²) in [6, 6.07) is 8.68. The number of hydrazine groups is 1. The molecule has 0 unspecified atom stereocenters. The minimum Gasteiger partial charge on any atom is -0.378 e. The van der Waals surface area contributed by atoms with Gasteiger partial charge in [0.1, 0.15) is 5.69 Å². The molecular weight excluding hydrogens is 336 g/mol. The van der Waals surface area contributed by atoms with E-state index in [1.807, 2.05) is 31.1 Å². The van der Waals surface area contributed by atoms with E-state index in [1.54, 1.807) is 24.4 Å². The fourth-order valence-electron chi connectivity index (χ4n) is 1.66. The summed E-state index contributed by atoms with van der Waals surface area (Å²) in [4.78, 5) is 28.4. The van der Waals surface area contributed by atoms with Gasteiger partial charge in [-0.3, -0.25) is 20.4 Å². The van der Waals surface area contributed by atoms with Gasteiger partial charge in [-0.15, -0.1) is 0 Å². The highest BCUT2D eigenvalue weighted by molar-refractivity contribution is 9.10. The molecule has 0 aliphatic carbocycles. The molecule has 0 atom stereocenters. The minimum atomic E-state index is -0.418. The zero-order valence-corrected chi connectivity index (χ0v) is 13.2. The predicted octanol–water partition coefficient (Wildman–Crippen LogP) is 1.92. The van der Waals surface area contributed by atoms with Crippen LogP contribution in [0.2, 0.25) is 0 Å². The molecule has 0 fully saturated rings. The van der Waals surface area contributed by atoms with Gasteiger partial charge in [0, 0.05) is 36.0 Å². The number of aromatic amines is 1. The number of carbonyl (C=O) groups excluding carboxylic acids is 2. The van der Waals surface area contributed by atoms with Crippen LogP contribution in [-0.4, -0.2) is 30.9 Å². The van der Waals surface area contributed by atoms with Crippen LogP contribution < -0.4 is 15.8 Å². The van der Waals surface area contributed by atoms with Crippen LogP contribution in [0.1, 0.15) is 20.8 Å². The first kappa shape index (κ1) is 15.1. The average molecular weight is 351 g/mol. The number of nitrogens with one attached hydrogen (secondary N) is 3. The van der Waals surface area contributed by atoms with Crippen LogP contribution in [0, 0.1) is 0 Å². The highest BCUT2D eigenvalue weighted by Crippen LogP contribution is 2.12. The molecule has 1 aromatic carbocycles. The molecule has 0 bridgehead atoms. The number of halogens is 1. The van der Waals surface area contributed by atoms with Gasteiger partial charge in [0.25, 0.3) is 11.8 Å². The first-order valence-electron chi connectivity index (χ1n) is 6.19. The van der Waals surface area contributed by atoms with E-state index in [9.17, 15) is 9.59 Å². The lowest BCUT2D eigenvalue weighted by atomic mass is 10.2. The lowest BCUT2D eigenvalue weighted by Gasteiger charge is -2.12. The molecule has 0 saturated heterocycles. The lowest BCUT2D eigenvalue weighted by molar-refractivity contribution is 0.0844. The van der Waals surface area contributed by atoms with Gasteiger partial charge in [-0.25, -0.2) is 0 Å². The standard InChI is InChI=1S/C14H15BrN4O2/c1-19(2)11-5-3-9(4-6-11)13(20)17-18-14(21)12-7-10(15)8-16-12/h3-8,16H,1-2H3,(H,17,20)(H,18,21). The second-order valence-corrected chi connectivity index (χ2v) is 5.50. The number of hydrogen-bond acceptors (Lipinski definition) is 3. The van der Waals surface area contributed by atoms with Gasteiger partial charge < -0.3 is 9.88 Å². The van der Waals surface area contributed by atoms with E-state index >= 15 is 0 Å². The number of carbonyl (C=O) groups is 2. The van der Waals surface area contributed by atoms with Crippen molar-refractivity contribution in [3.05, 3.63) is 52.3 Å². The quantitative estimate of drug-likeness (QED) is 0.740. The van der Waals surface area contributed by atoms with Gasteiger partial charge in [0.15, 0.2) is 0 Å². The molecule has 3 N–H and O–H groups in total. The van der Waals surface area contributed by atoms with Crippen LogP contribution in [0.4, 0.5) is 5.69 Å². The summed E-state index contributed by atoms with van der Waals surface area (Å²) in [6.45, 7) is 0. The van der Waals surface area contributed by atoms with Gasteiger partial charge in [0.2, 0.25) is 0 Å². The molecule has 7 heteroatoms. The molecule has 0 saturated carbocycles. The zero-order chi connectivity index (χ0) is 15.4. The van der Waals surface area contributed by atoms with Crippen LogP contribution >= 0.6 is 15.9 Å². The number of benzene rings is 1. The maximum atomic E-state index is 11.9. The molecule has 0 radical (unpaired) electrons. The fourth-order valence-corrected chi connectivity index (χ4v) is 2.01. The molecule has 21 heavy (non-hydrogen) atoms. The Labute approximate surface area is 130 Å². The molecule has 0 spiro atoms. The molecular formula is C14H15BrN4O2. The Morgan fingerprint density at radius 2 is 1.71 bits per heavy atom. The van der Waals surface area contributed by atoms with Crippen molar-refractivity contribution in [2.45, 2.75) is 0 Å². The smallest absolute Gasteiger partial charge is 0.286 e. The number of hydrogen-bond donors (Lipinski definition) is 3. The normalized spacial score (nSPS) is 10.0. The Kier molecular flexibility index (Phi) is 4.64. The molecule has 6 nitrogen and oxygen atoms in total. The van der Waals surface area contributed by atoms with E-state index in [0.717, 1.165) is 10.2 Å². The molecule has 1 heterocycles. The molecule has 110 valence electrons. The van der Waals surface area contributed by atoms with Gasteiger partial charge >= 0.3 is 0 Å². The first-order valence-corrected chi connectivity index (χ1v) is 6.98. The lowest BCUT2D eigenvalue weighted by Crippen LogP contribution is -2.41. The molecule has 0 aliphatic rings. The minimum absolute atomic E-state index is 0.352. The van der Waals surface area contributed by atoms with Crippen LogP contribution in [0.25, 0.3) is 0 Å². The summed E-state index contributed by atoms with van der Waals surface area (Å²) in [5, 5.41) is 0. The predicted molar refractivity (Wildman–Crippen MR) is 84.2 cm³/mol. The zero-order valence-electron chi connectivity index (χ0n) is 11.6. The van der Waals surface area contributed by atoms with E-state index in [2.05, 4.69) is 31.8 Å². The van der Waals surface area contributed by atoms with Gasteiger partial charge in [-0.1, -0.05) is 0 Å². The van der Waals surface area contributed by atoms with E-state index in [0.29, 0.717) is 11.3 Å². The van der Waals surface area contributed by atoms with Crippen molar-refractivity contribution >= 4 is 33.4 Å². The number of H-pyrrole nitrogens is 1. The van der Waals surface area contributed by atoms with E-state index < -0.39 is 5.91 Å². The molecule has 0 aliphatic heterocycles. The van der Waals surface area contributed by atoms with Crippen molar-refractivity contribution in [1.29, 1.82) is 0 Å². The maximum absolute atomic E-state index is 11.9. The number of aromatic nitrogens is 1. The van der Waals surface area contributed by atoms with E-state index in [-0.39, 0.29) is 5.91 Å². The highest BCUT2D eigenvalue weighted by atomic mass is 79.9. The van der Waals surface area contributed by atoms with Crippen LogP contribution in [0.5, 0.6) is 0 Å². The summed E-state index contributed by atoms with van der Waals surface area (Å²) in [7, 11) is 3.84. The second-order valence-electron chi connectivity index (χ2n) is 4.58. The largest absolute Gasteiger partial charge is 0.378 e. The van der Waals surface area contributed by atoms with Crippen molar-refractivity contribution in [2.75, 3.05) is 19.0 Å². The Hall–Kier alpha value is -2.28. The van der Waals surface area contributed by atoms with Crippen LogP contribution in [0.3, 0.4) is 0 Å². The monoisotopic (exact) mass is 350 g/mol. The first-order chi connectivity index (χ1) is 9.97. The van der Waals surface area contributed by atoms with Crippen LogP contribution in [0.15, 0.2) is 41.0 Å². The Morgan fingerprint density at radius 3 is 2.24 bits per heavy atom. The third kappa shape index (κ3) is 3.85. The number of rotatable bonds is 3. The summed E-state index contributed by atoms with van der Waals surface area (Å²) in [5.74, 6) is -0.793. The third-order valence-corrected chi connectivity index (χ3v) is 3.29. The molecule has 2 amide bonds. The number of nitrogens with zero attached hydrogens (tertiary/aromatic N) is 1. The molecule has 1 aromatic heterocycles. The van der Waals surface area contributed by atoms with Crippen molar-refractivity contribution in [3.63, 3.8) is 0 Å². The average Bonchev–Trinajstić information content (AvgIpc) is 2.91. The fraction of sp³-hybridized carbons (Fsp3) is 0.143.